The molecule has 4 rings (SSSR count). The molecule has 0 aliphatic heterocycles. The van der Waals surface area contributed by atoms with E-state index in [2.05, 4.69) is 57.7 Å². The van der Waals surface area contributed by atoms with Gasteiger partial charge in [0.25, 0.3) is 0 Å². The van der Waals surface area contributed by atoms with E-state index >= 15 is 0 Å². The molecule has 0 radical (unpaired) electrons. The minimum atomic E-state index is -1.09. The summed E-state index contributed by atoms with van der Waals surface area (Å²) in [5.74, 6) is 9.85. The molecule has 0 aromatic carbocycles. The highest BCUT2D eigenvalue weighted by atomic mass is 79.9. The van der Waals surface area contributed by atoms with Crippen LogP contribution in [0.3, 0.4) is 0 Å². The average molecular weight is 638 g/mol. The number of pyridine rings is 2. The van der Waals surface area contributed by atoms with Gasteiger partial charge in [-0.1, -0.05) is 19.8 Å². The Kier molecular flexibility index (Phi) is 10.6. The summed E-state index contributed by atoms with van der Waals surface area (Å²) in [5.41, 5.74) is 12.0. The summed E-state index contributed by atoms with van der Waals surface area (Å²) in [6, 6.07) is 3.37. The second kappa shape index (κ2) is 13.9. The highest BCUT2D eigenvalue weighted by Gasteiger charge is 2.14. The van der Waals surface area contributed by atoms with Gasteiger partial charge < -0.3 is 30.8 Å². The van der Waals surface area contributed by atoms with Crippen LogP contribution in [-0.4, -0.2) is 47.7 Å². The Hall–Kier alpha value is -4.54. The number of nitrogen functional groups attached to an aromatic ring is 2. The molecule has 0 aliphatic carbocycles. The molecule has 0 atom stereocenters. The first-order valence-corrected chi connectivity index (χ1v) is 13.5. The Bertz CT molecular complexity index is 1610. The largest absolute Gasteiger partial charge is 0.481 e. The Labute approximate surface area is 253 Å². The molecule has 0 spiro atoms. The standard InChI is InChI=1S/C18H22N4O2.C11H11BrN4O2/c1-11(2)14-9-21-13(6-7-18(4,5)23)8-15(14)24-16-10-20-12(3)22-17(16)19;1-6-14-5-9(11(13)16-6)18-8-3-10(17-2)15-4-7(8)12/h8-11,23H,1-5H3,(H2,19,20,22);3-5H,1-2H3,(H2,13,14,16). The molecule has 42 heavy (non-hydrogen) atoms. The number of hydrogen-bond donors (Lipinski definition) is 3. The number of hydrogen-bond acceptors (Lipinski definition) is 12. The predicted molar refractivity (Wildman–Crippen MR) is 163 cm³/mol. The van der Waals surface area contributed by atoms with Crippen LogP contribution in [-0.2, 0) is 0 Å². The van der Waals surface area contributed by atoms with Crippen molar-refractivity contribution in [3.05, 3.63) is 64.3 Å². The lowest BCUT2D eigenvalue weighted by Crippen LogP contribution is -2.14. The Morgan fingerprint density at radius 1 is 0.833 bits per heavy atom. The van der Waals surface area contributed by atoms with E-state index in [-0.39, 0.29) is 17.6 Å². The van der Waals surface area contributed by atoms with Crippen LogP contribution < -0.4 is 25.7 Å². The molecular weight excluding hydrogens is 604 g/mol. The number of ether oxygens (including phenoxy) is 3. The van der Waals surface area contributed by atoms with Crippen LogP contribution in [0.1, 0.15) is 56.5 Å². The fourth-order valence-corrected chi connectivity index (χ4v) is 3.49. The zero-order valence-electron chi connectivity index (χ0n) is 24.4. The first-order valence-electron chi connectivity index (χ1n) is 12.7. The lowest BCUT2D eigenvalue weighted by atomic mass is 10.0. The molecule has 13 heteroatoms. The lowest BCUT2D eigenvalue weighted by molar-refractivity contribution is 0.143. The Morgan fingerprint density at radius 3 is 1.90 bits per heavy atom. The highest BCUT2D eigenvalue weighted by molar-refractivity contribution is 9.10. The van der Waals surface area contributed by atoms with Crippen LogP contribution in [0.25, 0.3) is 0 Å². The van der Waals surface area contributed by atoms with Gasteiger partial charge in [-0.15, -0.1) is 0 Å². The summed E-state index contributed by atoms with van der Waals surface area (Å²) >= 11 is 3.33. The molecule has 5 N–H and O–H groups in total. The molecule has 0 fully saturated rings. The zero-order valence-corrected chi connectivity index (χ0v) is 26.0. The Morgan fingerprint density at radius 2 is 1.40 bits per heavy atom. The Balaban J connectivity index is 0.000000240. The van der Waals surface area contributed by atoms with E-state index in [9.17, 15) is 5.11 Å². The fourth-order valence-electron chi connectivity index (χ4n) is 3.19. The number of nitrogens with two attached hydrogens (primary N) is 2. The first-order chi connectivity index (χ1) is 19.8. The second-order valence-corrected chi connectivity index (χ2v) is 10.6. The van der Waals surface area contributed by atoms with E-state index < -0.39 is 5.60 Å². The molecule has 12 nitrogen and oxygen atoms in total. The van der Waals surface area contributed by atoms with Crippen molar-refractivity contribution < 1.29 is 19.3 Å². The SMILES string of the molecule is COc1cc(Oc2cnc(C)nc2N)c(Br)cn1.Cc1ncc(Oc2cc(C#CC(C)(C)O)ncc2C(C)C)c(N)n1. The number of halogens is 1. The smallest absolute Gasteiger partial charge is 0.216 e. The number of aliphatic hydroxyl groups is 1. The van der Waals surface area contributed by atoms with Gasteiger partial charge in [0, 0.05) is 30.1 Å². The van der Waals surface area contributed by atoms with Crippen LogP contribution in [0, 0.1) is 25.7 Å². The monoisotopic (exact) mass is 636 g/mol. The summed E-state index contributed by atoms with van der Waals surface area (Å²) in [7, 11) is 1.53. The van der Waals surface area contributed by atoms with Gasteiger partial charge in [-0.25, -0.2) is 29.9 Å². The number of anilines is 2. The van der Waals surface area contributed by atoms with Gasteiger partial charge in [0.1, 0.15) is 34.4 Å². The topological polar surface area (TPSA) is 177 Å². The molecule has 220 valence electrons. The van der Waals surface area contributed by atoms with Crippen LogP contribution in [0.4, 0.5) is 11.6 Å². The van der Waals surface area contributed by atoms with Crippen molar-refractivity contribution in [3.8, 4) is 40.7 Å². The zero-order chi connectivity index (χ0) is 31.0. The molecule has 0 unspecified atom stereocenters. The summed E-state index contributed by atoms with van der Waals surface area (Å²) in [6.07, 6.45) is 6.38. The normalized spacial score (nSPS) is 10.7. The number of nitrogens with zero attached hydrogens (tertiary/aromatic N) is 6. The van der Waals surface area contributed by atoms with Crippen molar-refractivity contribution in [1.82, 2.24) is 29.9 Å². The number of aryl methyl sites for hydroxylation is 2. The van der Waals surface area contributed by atoms with Gasteiger partial charge in [0.2, 0.25) is 5.88 Å². The van der Waals surface area contributed by atoms with E-state index in [0.29, 0.717) is 50.7 Å². The number of methoxy groups -OCH3 is 1. The summed E-state index contributed by atoms with van der Waals surface area (Å²) < 4.78 is 17.2. The second-order valence-electron chi connectivity index (χ2n) is 9.77. The molecule has 0 saturated carbocycles. The third-order valence-corrected chi connectivity index (χ3v) is 5.86. The molecule has 4 heterocycles. The minimum absolute atomic E-state index is 0.205. The fraction of sp³-hybridized carbons (Fsp3) is 0.310. The minimum Gasteiger partial charge on any atom is -0.481 e. The molecule has 0 amide bonds. The maximum Gasteiger partial charge on any atom is 0.216 e. The van der Waals surface area contributed by atoms with E-state index in [0.717, 1.165) is 5.56 Å². The molecular formula is C29H33BrN8O4. The van der Waals surface area contributed by atoms with E-state index in [4.69, 9.17) is 25.7 Å². The number of aromatic nitrogens is 6. The summed E-state index contributed by atoms with van der Waals surface area (Å²) in [5, 5.41) is 9.72. The van der Waals surface area contributed by atoms with Gasteiger partial charge in [-0.3, -0.25) is 0 Å². The molecule has 0 aliphatic rings. The third-order valence-electron chi connectivity index (χ3n) is 5.26. The quantitative estimate of drug-likeness (QED) is 0.238. The van der Waals surface area contributed by atoms with Crippen molar-refractivity contribution in [2.45, 2.75) is 53.1 Å². The van der Waals surface area contributed by atoms with Crippen LogP contribution in [0.2, 0.25) is 0 Å². The average Bonchev–Trinajstić information content (AvgIpc) is 2.91. The molecule has 0 bridgehead atoms. The van der Waals surface area contributed by atoms with Crippen LogP contribution in [0.15, 0.2) is 41.4 Å². The lowest BCUT2D eigenvalue weighted by Gasteiger charge is -2.14. The van der Waals surface area contributed by atoms with Crippen LogP contribution >= 0.6 is 15.9 Å². The van der Waals surface area contributed by atoms with Crippen molar-refractivity contribution >= 4 is 27.6 Å². The van der Waals surface area contributed by atoms with Gasteiger partial charge in [0.15, 0.2) is 23.1 Å². The van der Waals surface area contributed by atoms with Crippen molar-refractivity contribution in [3.63, 3.8) is 0 Å². The predicted octanol–water partition coefficient (Wildman–Crippen LogP) is 5.13. The third kappa shape index (κ3) is 9.25. The summed E-state index contributed by atoms with van der Waals surface area (Å²) in [6.45, 7) is 10.8. The summed E-state index contributed by atoms with van der Waals surface area (Å²) in [4.78, 5) is 24.6. The van der Waals surface area contributed by atoms with Crippen molar-refractivity contribution in [2.24, 2.45) is 0 Å². The van der Waals surface area contributed by atoms with Crippen molar-refractivity contribution in [1.29, 1.82) is 0 Å². The maximum absolute atomic E-state index is 9.72. The molecule has 0 saturated heterocycles. The van der Waals surface area contributed by atoms with Gasteiger partial charge >= 0.3 is 0 Å². The van der Waals surface area contributed by atoms with E-state index in [1.807, 2.05) is 13.8 Å². The van der Waals surface area contributed by atoms with Gasteiger partial charge in [0.05, 0.1) is 24.0 Å². The first kappa shape index (κ1) is 32.0. The highest BCUT2D eigenvalue weighted by Crippen LogP contribution is 2.34. The van der Waals surface area contributed by atoms with E-state index in [1.165, 1.54) is 13.3 Å². The maximum atomic E-state index is 9.72. The van der Waals surface area contributed by atoms with Gasteiger partial charge in [-0.2, -0.15) is 0 Å². The molecule has 4 aromatic rings. The van der Waals surface area contributed by atoms with Crippen LogP contribution in [0.5, 0.6) is 28.9 Å². The van der Waals surface area contributed by atoms with E-state index in [1.54, 1.807) is 58.4 Å². The number of rotatable bonds is 6. The van der Waals surface area contributed by atoms with Crippen molar-refractivity contribution in [2.75, 3.05) is 18.6 Å². The van der Waals surface area contributed by atoms with Gasteiger partial charge in [-0.05, 0) is 55.5 Å². The molecule has 4 aromatic heterocycles.